The molecule has 0 aliphatic carbocycles. The van der Waals surface area contributed by atoms with Crippen molar-refractivity contribution in [2.24, 2.45) is 0 Å². The van der Waals surface area contributed by atoms with Crippen molar-refractivity contribution in [1.29, 1.82) is 0 Å². The summed E-state index contributed by atoms with van der Waals surface area (Å²) in [5.74, 6) is 0.0438. The second-order valence-corrected chi connectivity index (χ2v) is 4.74. The summed E-state index contributed by atoms with van der Waals surface area (Å²) in [6, 6.07) is 7.07. The molecule has 1 N–H and O–H groups in total. The predicted molar refractivity (Wildman–Crippen MR) is 69.8 cm³/mol. The summed E-state index contributed by atoms with van der Waals surface area (Å²) in [6.45, 7) is 3.80. The van der Waals surface area contributed by atoms with Gasteiger partial charge in [-0.1, -0.05) is 0 Å². The normalized spacial score (nSPS) is 14.3. The highest BCUT2D eigenvalue weighted by molar-refractivity contribution is 5.22. The highest BCUT2D eigenvalue weighted by Gasteiger charge is 2.15. The maximum absolute atomic E-state index is 13.6. The lowest BCUT2D eigenvalue weighted by molar-refractivity contribution is 0.420. The molecule has 0 radical (unpaired) electrons. The van der Waals surface area contributed by atoms with Gasteiger partial charge in [0.25, 0.3) is 0 Å². The molecule has 19 heavy (non-hydrogen) atoms. The fourth-order valence-electron chi connectivity index (χ4n) is 2.15. The summed E-state index contributed by atoms with van der Waals surface area (Å²) < 4.78 is 32.0. The number of nitrogens with one attached hydrogen (secondary N) is 1. The number of hydrogen-bond donors (Lipinski definition) is 1. The molecule has 102 valence electrons. The van der Waals surface area contributed by atoms with Gasteiger partial charge in [0.15, 0.2) is 0 Å². The number of halogens is 2. The molecule has 0 saturated heterocycles. The quantitative estimate of drug-likeness (QED) is 0.888. The lowest BCUT2D eigenvalue weighted by Crippen LogP contribution is -2.31. The fourth-order valence-corrected chi connectivity index (χ4v) is 2.15. The third-order valence-corrected chi connectivity index (χ3v) is 3.05. The largest absolute Gasteiger partial charge is 0.469 e. The average molecular weight is 265 g/mol. The summed E-state index contributed by atoms with van der Waals surface area (Å²) in [4.78, 5) is 0. The molecule has 2 nitrogen and oxygen atoms in total. The maximum atomic E-state index is 13.6. The van der Waals surface area contributed by atoms with Gasteiger partial charge in [0.05, 0.1) is 6.26 Å². The Morgan fingerprint density at radius 2 is 2.00 bits per heavy atom. The third-order valence-electron chi connectivity index (χ3n) is 3.05. The highest BCUT2D eigenvalue weighted by Crippen LogP contribution is 2.19. The topological polar surface area (TPSA) is 25.2 Å². The second kappa shape index (κ2) is 5.97. The lowest BCUT2D eigenvalue weighted by Gasteiger charge is -2.20. The molecular formula is C15H17F2NO. The van der Waals surface area contributed by atoms with E-state index in [0.29, 0.717) is 12.0 Å². The van der Waals surface area contributed by atoms with Crippen LogP contribution in [0.25, 0.3) is 0 Å². The van der Waals surface area contributed by atoms with Gasteiger partial charge >= 0.3 is 0 Å². The maximum Gasteiger partial charge on any atom is 0.128 e. The zero-order valence-corrected chi connectivity index (χ0v) is 11.0. The van der Waals surface area contributed by atoms with E-state index < -0.39 is 11.6 Å². The molecule has 0 bridgehead atoms. The molecule has 0 saturated carbocycles. The summed E-state index contributed by atoms with van der Waals surface area (Å²) in [6.07, 6.45) is 2.33. The van der Waals surface area contributed by atoms with E-state index in [0.717, 1.165) is 17.9 Å². The van der Waals surface area contributed by atoms with Gasteiger partial charge in [-0.25, -0.2) is 8.78 Å². The minimum absolute atomic E-state index is 0.101. The van der Waals surface area contributed by atoms with Crippen molar-refractivity contribution in [3.8, 4) is 0 Å². The Balaban J connectivity index is 2.00. The monoisotopic (exact) mass is 265 g/mol. The molecule has 2 unspecified atom stereocenters. The Bertz CT molecular complexity index is 525. The van der Waals surface area contributed by atoms with Crippen LogP contribution in [-0.4, -0.2) is 6.04 Å². The Hall–Kier alpha value is -1.68. The molecule has 2 rings (SSSR count). The van der Waals surface area contributed by atoms with E-state index in [9.17, 15) is 8.78 Å². The van der Waals surface area contributed by atoms with Crippen LogP contribution in [0.3, 0.4) is 0 Å². The zero-order valence-electron chi connectivity index (χ0n) is 11.0. The van der Waals surface area contributed by atoms with Crippen molar-refractivity contribution < 1.29 is 13.2 Å². The molecule has 0 aliphatic rings. The summed E-state index contributed by atoms with van der Waals surface area (Å²) in [7, 11) is 0. The number of hydrogen-bond acceptors (Lipinski definition) is 2. The molecule has 1 aromatic heterocycles. The van der Waals surface area contributed by atoms with Crippen LogP contribution in [0, 0.1) is 11.6 Å². The Kier molecular flexibility index (Phi) is 4.32. The Morgan fingerprint density at radius 1 is 1.21 bits per heavy atom. The molecular weight excluding hydrogens is 248 g/mol. The Labute approximate surface area is 111 Å². The van der Waals surface area contributed by atoms with Crippen LogP contribution >= 0.6 is 0 Å². The molecule has 0 fully saturated rings. The molecule has 0 spiro atoms. The van der Waals surface area contributed by atoms with Crippen molar-refractivity contribution in [2.75, 3.05) is 0 Å². The van der Waals surface area contributed by atoms with Gasteiger partial charge in [-0.3, -0.25) is 0 Å². The van der Waals surface area contributed by atoms with Crippen LogP contribution in [0.2, 0.25) is 0 Å². The standard InChI is InChI=1S/C15H17F2NO/c1-10(8-13-4-3-7-19-13)18-11(2)14-9-12(16)5-6-15(14)17/h3-7,9-11,18H,8H2,1-2H3. The molecule has 1 heterocycles. The van der Waals surface area contributed by atoms with Crippen LogP contribution in [0.15, 0.2) is 41.0 Å². The molecule has 1 aromatic carbocycles. The molecule has 0 amide bonds. The summed E-state index contributed by atoms with van der Waals surface area (Å²) in [5, 5.41) is 3.24. The van der Waals surface area contributed by atoms with E-state index in [1.54, 1.807) is 6.26 Å². The second-order valence-electron chi connectivity index (χ2n) is 4.74. The predicted octanol–water partition coefficient (Wildman–Crippen LogP) is 3.84. The van der Waals surface area contributed by atoms with Crippen LogP contribution in [0.5, 0.6) is 0 Å². The van der Waals surface area contributed by atoms with E-state index in [4.69, 9.17) is 4.42 Å². The number of benzene rings is 1. The molecule has 2 aromatic rings. The zero-order chi connectivity index (χ0) is 13.8. The van der Waals surface area contributed by atoms with E-state index in [1.165, 1.54) is 6.07 Å². The van der Waals surface area contributed by atoms with Crippen LogP contribution < -0.4 is 5.32 Å². The van der Waals surface area contributed by atoms with Crippen LogP contribution in [-0.2, 0) is 6.42 Å². The average Bonchev–Trinajstić information content (AvgIpc) is 2.84. The van der Waals surface area contributed by atoms with Crippen molar-refractivity contribution in [3.63, 3.8) is 0 Å². The van der Waals surface area contributed by atoms with Gasteiger partial charge in [0.2, 0.25) is 0 Å². The van der Waals surface area contributed by atoms with Gasteiger partial charge in [0.1, 0.15) is 17.4 Å². The van der Waals surface area contributed by atoms with E-state index in [-0.39, 0.29) is 12.1 Å². The third kappa shape index (κ3) is 3.64. The summed E-state index contributed by atoms with van der Waals surface area (Å²) >= 11 is 0. The minimum Gasteiger partial charge on any atom is -0.469 e. The minimum atomic E-state index is -0.427. The van der Waals surface area contributed by atoms with Crippen molar-refractivity contribution in [2.45, 2.75) is 32.4 Å². The van der Waals surface area contributed by atoms with Crippen molar-refractivity contribution in [3.05, 3.63) is 59.6 Å². The van der Waals surface area contributed by atoms with E-state index in [1.807, 2.05) is 26.0 Å². The fraction of sp³-hybridized carbons (Fsp3) is 0.333. The van der Waals surface area contributed by atoms with Crippen LogP contribution in [0.1, 0.15) is 31.2 Å². The highest BCUT2D eigenvalue weighted by atomic mass is 19.1. The lowest BCUT2D eigenvalue weighted by atomic mass is 10.1. The first-order valence-electron chi connectivity index (χ1n) is 6.29. The van der Waals surface area contributed by atoms with E-state index >= 15 is 0 Å². The smallest absolute Gasteiger partial charge is 0.128 e. The van der Waals surface area contributed by atoms with Gasteiger partial charge < -0.3 is 9.73 Å². The van der Waals surface area contributed by atoms with Crippen molar-refractivity contribution in [1.82, 2.24) is 5.32 Å². The SMILES string of the molecule is CC(Cc1ccco1)NC(C)c1cc(F)ccc1F. The number of furan rings is 1. The van der Waals surface area contributed by atoms with Gasteiger partial charge in [-0.2, -0.15) is 0 Å². The van der Waals surface area contributed by atoms with Gasteiger partial charge in [0, 0.05) is 24.1 Å². The van der Waals surface area contributed by atoms with E-state index in [2.05, 4.69) is 5.32 Å². The van der Waals surface area contributed by atoms with Gasteiger partial charge in [-0.05, 0) is 44.2 Å². The first kappa shape index (κ1) is 13.7. The molecule has 2 atom stereocenters. The number of rotatable bonds is 5. The van der Waals surface area contributed by atoms with Gasteiger partial charge in [-0.15, -0.1) is 0 Å². The first-order chi connectivity index (χ1) is 9.06. The first-order valence-corrected chi connectivity index (χ1v) is 6.29. The van der Waals surface area contributed by atoms with Crippen LogP contribution in [0.4, 0.5) is 8.78 Å². The van der Waals surface area contributed by atoms with Crippen molar-refractivity contribution >= 4 is 0 Å². The summed E-state index contributed by atoms with van der Waals surface area (Å²) in [5.41, 5.74) is 0.339. The molecule has 4 heteroatoms. The Morgan fingerprint density at radius 3 is 2.68 bits per heavy atom. The molecule has 0 aliphatic heterocycles.